The number of carbonyl (C=O) groups is 1. The minimum absolute atomic E-state index is 0.00940. The van der Waals surface area contributed by atoms with Gasteiger partial charge in [-0.2, -0.15) is 20.2 Å². The van der Waals surface area contributed by atoms with Crippen LogP contribution in [0.15, 0.2) is 16.9 Å². The van der Waals surface area contributed by atoms with Crippen LogP contribution in [-0.2, 0) is 4.79 Å². The highest BCUT2D eigenvalue weighted by Crippen LogP contribution is 2.32. The van der Waals surface area contributed by atoms with Crippen LogP contribution in [0.5, 0.6) is 0 Å². The van der Waals surface area contributed by atoms with E-state index < -0.39 is 0 Å². The van der Waals surface area contributed by atoms with E-state index in [9.17, 15) is 4.79 Å². The number of Topliss-reactive ketones (excluding diaryl/α,β-unsaturated/α-hetero) is 1. The van der Waals surface area contributed by atoms with E-state index in [0.717, 1.165) is 12.8 Å². The molecule has 0 bridgehead atoms. The number of nitriles is 1. The summed E-state index contributed by atoms with van der Waals surface area (Å²) in [4.78, 5) is 26.3. The van der Waals surface area contributed by atoms with Gasteiger partial charge in [-0.15, -0.1) is 0 Å². The third-order valence-corrected chi connectivity index (χ3v) is 3.41. The second-order valence-electron chi connectivity index (χ2n) is 4.79. The van der Waals surface area contributed by atoms with Crippen molar-refractivity contribution in [3.05, 3.63) is 11.8 Å². The molecule has 1 N–H and O–H groups in total. The van der Waals surface area contributed by atoms with E-state index in [1.165, 1.54) is 18.0 Å². The van der Waals surface area contributed by atoms with E-state index in [-0.39, 0.29) is 17.3 Å². The normalized spacial score (nSPS) is 14.5. The van der Waals surface area contributed by atoms with Crippen molar-refractivity contribution < 1.29 is 4.79 Å². The third-order valence-electron chi connectivity index (χ3n) is 2.87. The maximum Gasteiger partial charge on any atom is 0.232 e. The maximum absolute atomic E-state index is 11.9. The van der Waals surface area contributed by atoms with E-state index >= 15 is 0 Å². The van der Waals surface area contributed by atoms with E-state index in [2.05, 4.69) is 20.3 Å². The quantitative estimate of drug-likeness (QED) is 0.479. The molecule has 1 aliphatic carbocycles. The highest BCUT2D eigenvalue weighted by atomic mass is 32.2. The van der Waals surface area contributed by atoms with Crippen molar-refractivity contribution in [2.75, 3.05) is 30.6 Å². The third kappa shape index (κ3) is 3.92. The van der Waals surface area contributed by atoms with Gasteiger partial charge in [0.15, 0.2) is 10.9 Å². The molecule has 1 fully saturated rings. The molecule has 110 valence electrons. The van der Waals surface area contributed by atoms with E-state index in [1.807, 2.05) is 26.4 Å². The zero-order valence-corrected chi connectivity index (χ0v) is 12.9. The zero-order chi connectivity index (χ0) is 15.4. The first-order chi connectivity index (χ1) is 10.0. The Kier molecular flexibility index (Phi) is 4.75. The molecule has 21 heavy (non-hydrogen) atoms. The van der Waals surface area contributed by atoms with Gasteiger partial charge in [0, 0.05) is 26.2 Å². The average Bonchev–Trinajstić information content (AvgIpc) is 3.31. The first-order valence-corrected chi connectivity index (χ1v) is 7.66. The molecule has 1 saturated carbocycles. The monoisotopic (exact) mass is 304 g/mol. The summed E-state index contributed by atoms with van der Waals surface area (Å²) < 4.78 is 0. The van der Waals surface area contributed by atoms with E-state index in [4.69, 9.17) is 5.26 Å². The number of nitrogens with one attached hydrogen (secondary N) is 1. The van der Waals surface area contributed by atoms with Gasteiger partial charge in [0.25, 0.3) is 0 Å². The van der Waals surface area contributed by atoms with Gasteiger partial charge >= 0.3 is 0 Å². The summed E-state index contributed by atoms with van der Waals surface area (Å²) >= 11 is 1.39. The van der Waals surface area contributed by atoms with Crippen LogP contribution in [0.1, 0.15) is 12.8 Å². The highest BCUT2D eigenvalue weighted by Gasteiger charge is 2.31. The Morgan fingerprint density at radius 2 is 2.14 bits per heavy atom. The summed E-state index contributed by atoms with van der Waals surface area (Å²) in [6, 6.07) is 1.92. The molecule has 8 heteroatoms. The second-order valence-corrected chi connectivity index (χ2v) is 5.57. The van der Waals surface area contributed by atoms with Crippen LogP contribution in [0.4, 0.5) is 11.9 Å². The molecule has 1 aromatic heterocycles. The molecule has 2 rings (SSSR count). The van der Waals surface area contributed by atoms with Crippen molar-refractivity contribution in [2.24, 2.45) is 5.92 Å². The van der Waals surface area contributed by atoms with E-state index in [1.54, 1.807) is 4.90 Å². The SMILES string of the molecule is CSc1nc(NC=C(C#N)C(=O)C2CC2)nc(N(C)C)n1. The summed E-state index contributed by atoms with van der Waals surface area (Å²) in [5, 5.41) is 12.4. The number of carbonyl (C=O) groups excluding carboxylic acids is 1. The van der Waals surface area contributed by atoms with Crippen LogP contribution < -0.4 is 10.2 Å². The van der Waals surface area contributed by atoms with Crippen molar-refractivity contribution in [3.63, 3.8) is 0 Å². The number of hydrogen-bond acceptors (Lipinski definition) is 8. The van der Waals surface area contributed by atoms with Crippen LogP contribution in [0.3, 0.4) is 0 Å². The number of hydrogen-bond donors (Lipinski definition) is 1. The zero-order valence-electron chi connectivity index (χ0n) is 12.1. The fourth-order valence-electron chi connectivity index (χ4n) is 1.56. The number of anilines is 2. The number of nitrogens with zero attached hydrogens (tertiary/aromatic N) is 5. The van der Waals surface area contributed by atoms with Gasteiger partial charge in [0.1, 0.15) is 11.6 Å². The van der Waals surface area contributed by atoms with Crippen LogP contribution in [-0.4, -0.2) is 41.1 Å². The molecular formula is C13H16N6OS. The molecule has 0 amide bonds. The lowest BCUT2D eigenvalue weighted by Gasteiger charge is -2.11. The van der Waals surface area contributed by atoms with Gasteiger partial charge in [-0.3, -0.25) is 4.79 Å². The van der Waals surface area contributed by atoms with Gasteiger partial charge in [-0.05, 0) is 19.1 Å². The lowest BCUT2D eigenvalue weighted by Crippen LogP contribution is -2.15. The molecule has 0 spiro atoms. The largest absolute Gasteiger partial charge is 0.347 e. The standard InChI is InChI=1S/C13H16N6OS/c1-19(2)12-16-11(17-13(18-12)21-3)15-7-9(6-14)10(20)8-4-5-8/h7-8H,4-5H2,1-3H3,(H,15,16,17,18). The summed E-state index contributed by atoms with van der Waals surface area (Å²) in [6.45, 7) is 0. The van der Waals surface area contributed by atoms with Crippen LogP contribution >= 0.6 is 11.8 Å². The number of allylic oxidation sites excluding steroid dienone is 1. The number of rotatable bonds is 6. The Balaban J connectivity index is 2.20. The van der Waals surface area contributed by atoms with Gasteiger partial charge in [0.05, 0.1) is 0 Å². The Morgan fingerprint density at radius 3 is 2.67 bits per heavy atom. The molecule has 7 nitrogen and oxygen atoms in total. The van der Waals surface area contributed by atoms with E-state index in [0.29, 0.717) is 17.1 Å². The van der Waals surface area contributed by atoms with Crippen molar-refractivity contribution in [3.8, 4) is 6.07 Å². The number of thioether (sulfide) groups is 1. The predicted octanol–water partition coefficient (Wildman–Crippen LogP) is 1.46. The smallest absolute Gasteiger partial charge is 0.232 e. The molecule has 0 unspecified atom stereocenters. The van der Waals surface area contributed by atoms with Gasteiger partial charge < -0.3 is 10.2 Å². The lowest BCUT2D eigenvalue weighted by molar-refractivity contribution is -0.116. The average molecular weight is 304 g/mol. The molecule has 1 aliphatic rings. The van der Waals surface area contributed by atoms with Gasteiger partial charge in [0.2, 0.25) is 11.9 Å². The summed E-state index contributed by atoms with van der Waals surface area (Å²) in [7, 11) is 3.66. The molecular weight excluding hydrogens is 288 g/mol. The minimum Gasteiger partial charge on any atom is -0.347 e. The topological polar surface area (TPSA) is 94.8 Å². The molecule has 1 heterocycles. The van der Waals surface area contributed by atoms with Crippen molar-refractivity contribution in [1.29, 1.82) is 5.26 Å². The first kappa shape index (κ1) is 15.3. The number of ketones is 1. The van der Waals surface area contributed by atoms with Gasteiger partial charge in [-0.1, -0.05) is 11.8 Å². The Bertz CT molecular complexity index is 618. The fourth-order valence-corrected chi connectivity index (χ4v) is 1.91. The van der Waals surface area contributed by atoms with Crippen molar-refractivity contribution in [1.82, 2.24) is 15.0 Å². The van der Waals surface area contributed by atoms with Crippen LogP contribution in [0.2, 0.25) is 0 Å². The molecule has 0 atom stereocenters. The Labute approximate surface area is 127 Å². The summed E-state index contributed by atoms with van der Waals surface area (Å²) in [6.07, 6.45) is 4.97. The predicted molar refractivity (Wildman–Crippen MR) is 81.0 cm³/mol. The van der Waals surface area contributed by atoms with Crippen LogP contribution in [0, 0.1) is 17.2 Å². The highest BCUT2D eigenvalue weighted by molar-refractivity contribution is 7.98. The summed E-state index contributed by atoms with van der Waals surface area (Å²) in [5.74, 6) is 0.721. The first-order valence-electron chi connectivity index (χ1n) is 6.43. The molecule has 1 aromatic rings. The lowest BCUT2D eigenvalue weighted by atomic mass is 10.1. The molecule has 0 radical (unpaired) electrons. The van der Waals surface area contributed by atoms with Gasteiger partial charge in [-0.25, -0.2) is 0 Å². The van der Waals surface area contributed by atoms with Crippen LogP contribution in [0.25, 0.3) is 0 Å². The Morgan fingerprint density at radius 1 is 1.43 bits per heavy atom. The van der Waals surface area contributed by atoms with Crippen molar-refractivity contribution >= 4 is 29.4 Å². The fraction of sp³-hybridized carbons (Fsp3) is 0.462. The van der Waals surface area contributed by atoms with Crippen molar-refractivity contribution in [2.45, 2.75) is 18.0 Å². The molecule has 0 saturated heterocycles. The molecule has 0 aromatic carbocycles. The Hall–Kier alpha value is -2.14. The number of aromatic nitrogens is 3. The molecule has 0 aliphatic heterocycles. The second kappa shape index (κ2) is 6.54. The maximum atomic E-state index is 11.9. The summed E-state index contributed by atoms with van der Waals surface area (Å²) in [5.41, 5.74) is 0.106. The minimum atomic E-state index is -0.114.